The van der Waals surface area contributed by atoms with Crippen molar-refractivity contribution in [3.05, 3.63) is 253 Å². The van der Waals surface area contributed by atoms with E-state index in [0.29, 0.717) is 0 Å². The monoisotopic (exact) mass is 720 g/mol. The van der Waals surface area contributed by atoms with Gasteiger partial charge in [0.25, 0.3) is 0 Å². The van der Waals surface area contributed by atoms with Gasteiger partial charge in [-0.3, -0.25) is 0 Å². The van der Waals surface area contributed by atoms with Gasteiger partial charge in [-0.2, -0.15) is 0 Å². The molecule has 0 bridgehead atoms. The van der Waals surface area contributed by atoms with Crippen molar-refractivity contribution in [1.29, 1.82) is 0 Å². The second-order valence-corrected chi connectivity index (χ2v) is 14.2. The molecule has 0 aromatic heterocycles. The van der Waals surface area contributed by atoms with Crippen molar-refractivity contribution in [2.45, 2.75) is 5.41 Å². The van der Waals surface area contributed by atoms with Crippen LogP contribution in [0, 0.1) is 5.82 Å². The molecule has 0 aliphatic heterocycles. The molecule has 0 fully saturated rings. The Morgan fingerprint density at radius 1 is 0.339 bits per heavy atom. The molecule has 266 valence electrons. The quantitative estimate of drug-likeness (QED) is 0.154. The maximum atomic E-state index is 14.5. The molecule has 3 heteroatoms. The van der Waals surface area contributed by atoms with E-state index in [-0.39, 0.29) is 5.82 Å². The summed E-state index contributed by atoms with van der Waals surface area (Å²) in [6, 6.07) is 78.5. The fourth-order valence-corrected chi connectivity index (χ4v) is 8.83. The standard InChI is InChI=1S/C53H37FN2/c54-40-30-32-44(33-31-40)56(43-26-14-5-15-27-43)51-37-50-52(47-29-17-16-28-46(47)51)48-35-34-45(55(41-22-10-3-11-23-41)42-24-12-4-13-25-42)36-49(48)53(50,38-18-6-1-7-19-38)39-20-8-2-9-21-39/h1-37H. The highest BCUT2D eigenvalue weighted by Crippen LogP contribution is 2.60. The lowest BCUT2D eigenvalue weighted by atomic mass is 9.67. The smallest absolute Gasteiger partial charge is 0.123 e. The van der Waals surface area contributed by atoms with Crippen LogP contribution in [0.4, 0.5) is 38.5 Å². The van der Waals surface area contributed by atoms with Crippen LogP contribution in [0.2, 0.25) is 0 Å². The van der Waals surface area contributed by atoms with Crippen molar-refractivity contribution in [2.75, 3.05) is 9.80 Å². The normalized spacial score (nSPS) is 12.5. The van der Waals surface area contributed by atoms with Crippen molar-refractivity contribution in [2.24, 2.45) is 0 Å². The number of benzene rings is 9. The summed E-state index contributed by atoms with van der Waals surface area (Å²) < 4.78 is 14.5. The third-order valence-electron chi connectivity index (χ3n) is 11.1. The largest absolute Gasteiger partial charge is 0.310 e. The topological polar surface area (TPSA) is 6.48 Å². The summed E-state index contributed by atoms with van der Waals surface area (Å²) in [5.74, 6) is -0.265. The van der Waals surface area contributed by atoms with Crippen LogP contribution in [0.1, 0.15) is 22.3 Å². The number of hydrogen-bond donors (Lipinski definition) is 0. The molecule has 1 aliphatic rings. The molecule has 9 aromatic carbocycles. The van der Waals surface area contributed by atoms with E-state index in [9.17, 15) is 4.39 Å². The third-order valence-corrected chi connectivity index (χ3v) is 11.1. The molecule has 0 atom stereocenters. The highest BCUT2D eigenvalue weighted by atomic mass is 19.1. The minimum absolute atomic E-state index is 0.265. The Morgan fingerprint density at radius 3 is 1.30 bits per heavy atom. The van der Waals surface area contributed by atoms with E-state index in [4.69, 9.17) is 0 Å². The minimum Gasteiger partial charge on any atom is -0.310 e. The van der Waals surface area contributed by atoms with E-state index in [1.54, 1.807) is 12.1 Å². The van der Waals surface area contributed by atoms with Crippen molar-refractivity contribution in [1.82, 2.24) is 0 Å². The molecule has 0 saturated heterocycles. The molecule has 0 spiro atoms. The molecule has 9 aromatic rings. The Balaban J connectivity index is 1.33. The zero-order valence-electron chi connectivity index (χ0n) is 30.6. The zero-order valence-corrected chi connectivity index (χ0v) is 30.6. The first-order valence-corrected chi connectivity index (χ1v) is 19.0. The van der Waals surface area contributed by atoms with Gasteiger partial charge < -0.3 is 9.80 Å². The second kappa shape index (κ2) is 13.9. The van der Waals surface area contributed by atoms with Crippen LogP contribution in [0.5, 0.6) is 0 Å². The van der Waals surface area contributed by atoms with Gasteiger partial charge in [-0.25, -0.2) is 4.39 Å². The van der Waals surface area contributed by atoms with Gasteiger partial charge in [0.15, 0.2) is 0 Å². The summed E-state index contributed by atoms with van der Waals surface area (Å²) in [6.07, 6.45) is 0. The molecular weight excluding hydrogens is 684 g/mol. The van der Waals surface area contributed by atoms with Gasteiger partial charge in [0, 0.05) is 33.8 Å². The van der Waals surface area contributed by atoms with Crippen LogP contribution in [-0.4, -0.2) is 0 Å². The van der Waals surface area contributed by atoms with Gasteiger partial charge >= 0.3 is 0 Å². The van der Waals surface area contributed by atoms with Crippen LogP contribution in [0.3, 0.4) is 0 Å². The van der Waals surface area contributed by atoms with E-state index in [0.717, 1.165) is 44.9 Å². The molecule has 0 heterocycles. The first-order chi connectivity index (χ1) is 27.7. The van der Waals surface area contributed by atoms with Gasteiger partial charge in [0.2, 0.25) is 0 Å². The Morgan fingerprint density at radius 2 is 0.768 bits per heavy atom. The lowest BCUT2D eigenvalue weighted by molar-refractivity contribution is 0.628. The second-order valence-electron chi connectivity index (χ2n) is 14.2. The van der Waals surface area contributed by atoms with Crippen LogP contribution in [0.15, 0.2) is 224 Å². The zero-order chi connectivity index (χ0) is 37.5. The third kappa shape index (κ3) is 5.39. The number of halogens is 1. The highest BCUT2D eigenvalue weighted by molar-refractivity contribution is 6.11. The Kier molecular flexibility index (Phi) is 8.26. The first-order valence-electron chi connectivity index (χ1n) is 19.0. The first kappa shape index (κ1) is 33.3. The summed E-state index contributed by atoms with van der Waals surface area (Å²) in [7, 11) is 0. The van der Waals surface area contributed by atoms with Gasteiger partial charge in [0.05, 0.1) is 11.1 Å². The minimum atomic E-state index is -0.688. The summed E-state index contributed by atoms with van der Waals surface area (Å²) in [5.41, 5.74) is 12.7. The molecule has 0 radical (unpaired) electrons. The van der Waals surface area contributed by atoms with E-state index >= 15 is 0 Å². The Hall–Kier alpha value is -7.23. The fourth-order valence-electron chi connectivity index (χ4n) is 8.83. The number of para-hydroxylation sites is 3. The van der Waals surface area contributed by atoms with Gasteiger partial charge in [-0.1, -0.05) is 146 Å². The SMILES string of the molecule is Fc1ccc(N(c2ccccc2)c2cc3c(c4ccccc24)-c2ccc(N(c4ccccc4)c4ccccc4)cc2C3(c2ccccc2)c2ccccc2)cc1. The predicted octanol–water partition coefficient (Wildman–Crippen LogP) is 14.3. The average molecular weight is 721 g/mol. The maximum Gasteiger partial charge on any atom is 0.123 e. The van der Waals surface area contributed by atoms with Crippen LogP contribution >= 0.6 is 0 Å². The van der Waals surface area contributed by atoms with Crippen molar-refractivity contribution in [3.63, 3.8) is 0 Å². The average Bonchev–Trinajstić information content (AvgIpc) is 3.57. The number of fused-ring (bicyclic) bond motifs is 5. The Bertz CT molecular complexity index is 2710. The summed E-state index contributed by atoms with van der Waals surface area (Å²) >= 11 is 0. The van der Waals surface area contributed by atoms with E-state index < -0.39 is 5.41 Å². The molecule has 56 heavy (non-hydrogen) atoms. The van der Waals surface area contributed by atoms with E-state index in [1.807, 2.05) is 18.2 Å². The number of nitrogens with zero attached hydrogens (tertiary/aromatic N) is 2. The van der Waals surface area contributed by atoms with Crippen LogP contribution in [-0.2, 0) is 5.41 Å². The molecular formula is C53H37FN2. The van der Waals surface area contributed by atoms with E-state index in [2.05, 4.69) is 204 Å². The predicted molar refractivity (Wildman–Crippen MR) is 231 cm³/mol. The summed E-state index contributed by atoms with van der Waals surface area (Å²) in [4.78, 5) is 4.61. The fraction of sp³-hybridized carbons (Fsp3) is 0.0189. The molecule has 10 rings (SSSR count). The number of hydrogen-bond acceptors (Lipinski definition) is 2. The maximum absolute atomic E-state index is 14.5. The summed E-state index contributed by atoms with van der Waals surface area (Å²) in [5, 5.41) is 2.27. The highest BCUT2D eigenvalue weighted by Gasteiger charge is 2.47. The van der Waals surface area contributed by atoms with Gasteiger partial charge in [0.1, 0.15) is 5.82 Å². The van der Waals surface area contributed by atoms with Crippen molar-refractivity contribution < 1.29 is 4.39 Å². The lowest BCUT2D eigenvalue weighted by Gasteiger charge is -2.36. The lowest BCUT2D eigenvalue weighted by Crippen LogP contribution is -2.29. The molecule has 0 unspecified atom stereocenters. The number of anilines is 6. The summed E-state index contributed by atoms with van der Waals surface area (Å²) in [6.45, 7) is 0. The molecule has 2 nitrogen and oxygen atoms in total. The van der Waals surface area contributed by atoms with Gasteiger partial charge in [-0.05, 0) is 118 Å². The van der Waals surface area contributed by atoms with E-state index in [1.165, 1.54) is 33.4 Å². The van der Waals surface area contributed by atoms with Crippen molar-refractivity contribution >= 4 is 44.9 Å². The van der Waals surface area contributed by atoms with Crippen LogP contribution < -0.4 is 9.80 Å². The van der Waals surface area contributed by atoms with Gasteiger partial charge in [-0.15, -0.1) is 0 Å². The molecule has 0 N–H and O–H groups in total. The van der Waals surface area contributed by atoms with Crippen molar-refractivity contribution in [3.8, 4) is 11.1 Å². The molecule has 1 aliphatic carbocycles. The molecule has 0 saturated carbocycles. The number of rotatable bonds is 8. The van der Waals surface area contributed by atoms with Crippen LogP contribution in [0.25, 0.3) is 21.9 Å². The Labute approximate surface area is 327 Å². The molecule has 0 amide bonds.